The van der Waals surface area contributed by atoms with E-state index in [-0.39, 0.29) is 5.91 Å². The number of nitrogens with zero attached hydrogens (tertiary/aromatic N) is 3. The second-order valence-electron chi connectivity index (χ2n) is 7.14. The Morgan fingerprint density at radius 2 is 1.90 bits per heavy atom. The van der Waals surface area contributed by atoms with Crippen molar-refractivity contribution < 1.29 is 9.32 Å². The van der Waals surface area contributed by atoms with Crippen molar-refractivity contribution in [1.29, 1.82) is 0 Å². The van der Waals surface area contributed by atoms with Gasteiger partial charge in [-0.25, -0.2) is 0 Å². The van der Waals surface area contributed by atoms with Gasteiger partial charge in [0.25, 0.3) is 5.91 Å². The van der Waals surface area contributed by atoms with E-state index >= 15 is 0 Å². The third-order valence-corrected chi connectivity index (χ3v) is 6.16. The van der Waals surface area contributed by atoms with E-state index in [1.807, 2.05) is 23.1 Å². The molecule has 1 fully saturated rings. The second-order valence-corrected chi connectivity index (χ2v) is 8.79. The van der Waals surface area contributed by atoms with E-state index in [0.29, 0.717) is 40.7 Å². The zero-order valence-electron chi connectivity index (χ0n) is 16.1. The van der Waals surface area contributed by atoms with E-state index in [9.17, 15) is 4.79 Å². The molecule has 0 atom stereocenters. The summed E-state index contributed by atoms with van der Waals surface area (Å²) in [6.45, 7) is 5.69. The number of hydrogen-bond donors (Lipinski definition) is 0. The van der Waals surface area contributed by atoms with E-state index in [1.54, 1.807) is 13.0 Å². The maximum absolute atomic E-state index is 13.3. The number of rotatable bonds is 4. The number of hydrogen-bond acceptors (Lipinski definition) is 4. The SMILES string of the molecule is Cc1onc(-c2ccccc2Cl)c1C(=O)N1CCN(Cc2cccc(I)c2)CC1. The van der Waals surface area contributed by atoms with Crippen LogP contribution >= 0.6 is 34.2 Å². The van der Waals surface area contributed by atoms with Gasteiger partial charge in [-0.2, -0.15) is 0 Å². The van der Waals surface area contributed by atoms with Crippen molar-refractivity contribution in [2.45, 2.75) is 13.5 Å². The van der Waals surface area contributed by atoms with E-state index in [1.165, 1.54) is 9.13 Å². The largest absolute Gasteiger partial charge is 0.360 e. The smallest absolute Gasteiger partial charge is 0.259 e. The van der Waals surface area contributed by atoms with Crippen LogP contribution in [0.5, 0.6) is 0 Å². The van der Waals surface area contributed by atoms with Crippen LogP contribution in [0.15, 0.2) is 53.1 Å². The summed E-state index contributed by atoms with van der Waals surface area (Å²) in [5.74, 6) is 0.471. The standard InChI is InChI=1S/C22H21ClIN3O2/c1-15-20(21(25-29-15)18-7-2-3-8-19(18)23)22(28)27-11-9-26(10-12-27)14-16-5-4-6-17(24)13-16/h2-8,13H,9-12,14H2,1H3. The Kier molecular flexibility index (Phi) is 6.22. The Balaban J connectivity index is 1.47. The van der Waals surface area contributed by atoms with Crippen molar-refractivity contribution in [3.05, 3.63) is 74.0 Å². The highest BCUT2D eigenvalue weighted by atomic mass is 127. The van der Waals surface area contributed by atoms with Crippen LogP contribution in [0.4, 0.5) is 0 Å². The first-order valence-electron chi connectivity index (χ1n) is 9.50. The van der Waals surface area contributed by atoms with E-state index < -0.39 is 0 Å². The number of aromatic nitrogens is 1. The normalized spacial score (nSPS) is 14.9. The molecule has 1 aliphatic rings. The van der Waals surface area contributed by atoms with Crippen molar-refractivity contribution >= 4 is 40.1 Å². The summed E-state index contributed by atoms with van der Waals surface area (Å²) in [4.78, 5) is 17.5. The van der Waals surface area contributed by atoms with Gasteiger partial charge in [0.05, 0.1) is 5.02 Å². The number of carbonyl (C=O) groups is 1. The highest BCUT2D eigenvalue weighted by Gasteiger charge is 2.29. The maximum Gasteiger partial charge on any atom is 0.259 e. The molecule has 0 aliphatic carbocycles. The molecule has 5 nitrogen and oxygen atoms in total. The Labute approximate surface area is 188 Å². The van der Waals surface area contributed by atoms with Crippen LogP contribution in [0, 0.1) is 10.5 Å². The molecule has 2 heterocycles. The fraction of sp³-hybridized carbons (Fsp3) is 0.273. The number of carbonyl (C=O) groups excluding carboxylic acids is 1. The minimum Gasteiger partial charge on any atom is -0.360 e. The molecule has 0 spiro atoms. The molecule has 0 radical (unpaired) electrons. The summed E-state index contributed by atoms with van der Waals surface area (Å²) in [5.41, 5.74) is 3.03. The minimum atomic E-state index is -0.0485. The lowest BCUT2D eigenvalue weighted by Gasteiger charge is -2.34. The Morgan fingerprint density at radius 1 is 1.14 bits per heavy atom. The molecule has 29 heavy (non-hydrogen) atoms. The fourth-order valence-corrected chi connectivity index (χ4v) is 4.45. The molecule has 0 bridgehead atoms. The number of benzene rings is 2. The van der Waals surface area contributed by atoms with E-state index in [2.05, 4.69) is 56.9 Å². The summed E-state index contributed by atoms with van der Waals surface area (Å²) < 4.78 is 6.60. The number of halogens is 2. The summed E-state index contributed by atoms with van der Waals surface area (Å²) in [5, 5.41) is 4.68. The number of piperazine rings is 1. The Hall–Kier alpha value is -1.90. The van der Waals surface area contributed by atoms with Crippen LogP contribution in [-0.2, 0) is 6.54 Å². The van der Waals surface area contributed by atoms with Crippen LogP contribution in [0.2, 0.25) is 5.02 Å². The molecule has 7 heteroatoms. The molecule has 1 amide bonds. The van der Waals surface area contributed by atoms with Crippen molar-refractivity contribution in [3.8, 4) is 11.3 Å². The lowest BCUT2D eigenvalue weighted by Crippen LogP contribution is -2.48. The van der Waals surface area contributed by atoms with Crippen molar-refractivity contribution in [3.63, 3.8) is 0 Å². The predicted octanol–water partition coefficient (Wildman–Crippen LogP) is 4.87. The van der Waals surface area contributed by atoms with Gasteiger partial charge in [0.15, 0.2) is 0 Å². The quantitative estimate of drug-likeness (QED) is 0.460. The van der Waals surface area contributed by atoms with E-state index in [0.717, 1.165) is 19.6 Å². The van der Waals surface area contributed by atoms with Gasteiger partial charge in [0.1, 0.15) is 17.0 Å². The van der Waals surface area contributed by atoms with Gasteiger partial charge < -0.3 is 9.42 Å². The molecule has 4 rings (SSSR count). The number of amides is 1. The predicted molar refractivity (Wildman–Crippen MR) is 122 cm³/mol. The molecule has 0 saturated carbocycles. The Morgan fingerprint density at radius 3 is 2.62 bits per heavy atom. The maximum atomic E-state index is 13.3. The average molecular weight is 522 g/mol. The van der Waals surface area contributed by atoms with Crippen LogP contribution in [0.1, 0.15) is 21.7 Å². The molecule has 1 aromatic heterocycles. The van der Waals surface area contributed by atoms with Crippen molar-refractivity contribution in [2.75, 3.05) is 26.2 Å². The molecule has 3 aromatic rings. The molecule has 0 unspecified atom stereocenters. The highest BCUT2D eigenvalue weighted by Crippen LogP contribution is 2.32. The van der Waals surface area contributed by atoms with Gasteiger partial charge >= 0.3 is 0 Å². The first-order chi connectivity index (χ1) is 14.0. The van der Waals surface area contributed by atoms with Crippen molar-refractivity contribution in [2.24, 2.45) is 0 Å². The molecular formula is C22H21ClIN3O2. The molecule has 1 saturated heterocycles. The summed E-state index contributed by atoms with van der Waals surface area (Å²) >= 11 is 8.66. The molecule has 2 aromatic carbocycles. The average Bonchev–Trinajstić information content (AvgIpc) is 3.09. The third-order valence-electron chi connectivity index (χ3n) is 5.16. The molecule has 0 N–H and O–H groups in total. The first-order valence-corrected chi connectivity index (χ1v) is 11.0. The van der Waals surface area contributed by atoms with Gasteiger partial charge in [-0.1, -0.05) is 47.1 Å². The molecule has 1 aliphatic heterocycles. The lowest BCUT2D eigenvalue weighted by atomic mass is 10.0. The van der Waals surface area contributed by atoms with Gasteiger partial charge in [-0.3, -0.25) is 9.69 Å². The molecular weight excluding hydrogens is 501 g/mol. The Bertz CT molecular complexity index is 1030. The van der Waals surface area contributed by atoms with Crippen LogP contribution < -0.4 is 0 Å². The monoisotopic (exact) mass is 521 g/mol. The van der Waals surface area contributed by atoms with Crippen molar-refractivity contribution in [1.82, 2.24) is 15.0 Å². The zero-order chi connectivity index (χ0) is 20.4. The summed E-state index contributed by atoms with van der Waals surface area (Å²) in [6.07, 6.45) is 0. The lowest BCUT2D eigenvalue weighted by molar-refractivity contribution is 0.0627. The van der Waals surface area contributed by atoms with Crippen LogP contribution in [0.3, 0.4) is 0 Å². The summed E-state index contributed by atoms with van der Waals surface area (Å²) in [7, 11) is 0. The number of aryl methyl sites for hydroxylation is 1. The van der Waals surface area contributed by atoms with Crippen LogP contribution in [0.25, 0.3) is 11.3 Å². The summed E-state index contributed by atoms with van der Waals surface area (Å²) in [6, 6.07) is 15.9. The minimum absolute atomic E-state index is 0.0485. The first kappa shape index (κ1) is 20.4. The third kappa shape index (κ3) is 4.49. The van der Waals surface area contributed by atoms with Crippen LogP contribution in [-0.4, -0.2) is 47.0 Å². The topological polar surface area (TPSA) is 49.6 Å². The van der Waals surface area contributed by atoms with Gasteiger partial charge in [0, 0.05) is 41.9 Å². The van der Waals surface area contributed by atoms with Gasteiger partial charge in [-0.15, -0.1) is 0 Å². The second kappa shape index (κ2) is 8.85. The molecule has 150 valence electrons. The fourth-order valence-electron chi connectivity index (χ4n) is 3.62. The van der Waals surface area contributed by atoms with Gasteiger partial charge in [0.2, 0.25) is 0 Å². The zero-order valence-corrected chi connectivity index (χ0v) is 19.0. The van der Waals surface area contributed by atoms with Gasteiger partial charge in [-0.05, 0) is 53.3 Å². The van der Waals surface area contributed by atoms with E-state index in [4.69, 9.17) is 16.1 Å². The highest BCUT2D eigenvalue weighted by molar-refractivity contribution is 14.1.